The fourth-order valence-corrected chi connectivity index (χ4v) is 3.64. The van der Waals surface area contributed by atoms with Crippen LogP contribution >= 0.6 is 0 Å². The van der Waals surface area contributed by atoms with Gasteiger partial charge in [-0.2, -0.15) is 5.10 Å². The van der Waals surface area contributed by atoms with E-state index in [4.69, 9.17) is 0 Å². The summed E-state index contributed by atoms with van der Waals surface area (Å²) >= 11 is 0. The highest BCUT2D eigenvalue weighted by Crippen LogP contribution is 2.29. The van der Waals surface area contributed by atoms with Crippen molar-refractivity contribution in [2.45, 2.75) is 45.7 Å². The van der Waals surface area contributed by atoms with Crippen molar-refractivity contribution in [3.05, 3.63) is 48.2 Å². The van der Waals surface area contributed by atoms with Crippen molar-refractivity contribution in [2.75, 3.05) is 18.0 Å². The topological polar surface area (TPSA) is 77.5 Å². The van der Waals surface area contributed by atoms with Gasteiger partial charge in [0.25, 0.3) is 0 Å². The fourth-order valence-electron chi connectivity index (χ4n) is 3.64. The van der Waals surface area contributed by atoms with E-state index in [-0.39, 0.29) is 0 Å². The molecule has 4 rings (SSSR count). The van der Waals surface area contributed by atoms with Crippen LogP contribution in [0, 0.1) is 6.92 Å². The summed E-state index contributed by atoms with van der Waals surface area (Å²) in [6, 6.07) is 3.92. The number of hydrogen-bond acceptors (Lipinski definition) is 6. The first-order chi connectivity index (χ1) is 12.7. The number of nitrogens with zero attached hydrogens (tertiary/aromatic N) is 8. The Morgan fingerprint density at radius 3 is 2.69 bits per heavy atom. The van der Waals surface area contributed by atoms with Crippen molar-refractivity contribution >= 4 is 5.82 Å². The predicted molar refractivity (Wildman–Crippen MR) is 98.0 cm³/mol. The molecule has 0 radical (unpaired) electrons. The Kier molecular flexibility index (Phi) is 4.64. The summed E-state index contributed by atoms with van der Waals surface area (Å²) in [6.45, 7) is 7.58. The van der Waals surface area contributed by atoms with Crippen LogP contribution in [0.4, 0.5) is 5.82 Å². The molecule has 0 spiro atoms. The molecule has 0 aliphatic carbocycles. The van der Waals surface area contributed by atoms with Crippen LogP contribution in [0.3, 0.4) is 0 Å². The highest BCUT2D eigenvalue weighted by atomic mass is 15.3. The van der Waals surface area contributed by atoms with Gasteiger partial charge in [0.2, 0.25) is 0 Å². The minimum atomic E-state index is 0.438. The molecule has 0 saturated carbocycles. The number of aryl methyl sites for hydroxylation is 1. The molecule has 0 bridgehead atoms. The molecule has 8 heteroatoms. The molecule has 1 saturated heterocycles. The van der Waals surface area contributed by atoms with Gasteiger partial charge in [-0.05, 0) is 38.8 Å². The normalized spacial score (nSPS) is 15.5. The summed E-state index contributed by atoms with van der Waals surface area (Å²) < 4.78 is 4.14. The molecule has 1 fully saturated rings. The molecule has 0 unspecified atom stereocenters. The highest BCUT2D eigenvalue weighted by molar-refractivity contribution is 5.38. The third kappa shape index (κ3) is 3.31. The smallest absolute Gasteiger partial charge is 0.154 e. The van der Waals surface area contributed by atoms with Gasteiger partial charge in [-0.15, -0.1) is 10.2 Å². The Hall–Kier alpha value is -2.77. The summed E-state index contributed by atoms with van der Waals surface area (Å²) in [7, 11) is 0. The van der Waals surface area contributed by atoms with E-state index >= 15 is 0 Å². The third-order valence-electron chi connectivity index (χ3n) is 4.98. The zero-order chi connectivity index (χ0) is 17.9. The minimum Gasteiger partial charge on any atom is -0.356 e. The van der Waals surface area contributed by atoms with Gasteiger partial charge in [0.1, 0.15) is 24.0 Å². The van der Waals surface area contributed by atoms with Gasteiger partial charge in [-0.1, -0.05) is 0 Å². The largest absolute Gasteiger partial charge is 0.356 e. The van der Waals surface area contributed by atoms with Crippen molar-refractivity contribution in [1.82, 2.24) is 34.5 Å². The van der Waals surface area contributed by atoms with Crippen LogP contribution in [0.15, 0.2) is 30.7 Å². The summed E-state index contributed by atoms with van der Waals surface area (Å²) in [5, 5.41) is 13.3. The van der Waals surface area contributed by atoms with Gasteiger partial charge >= 0.3 is 0 Å². The van der Waals surface area contributed by atoms with E-state index in [0.29, 0.717) is 12.5 Å². The van der Waals surface area contributed by atoms with Crippen molar-refractivity contribution in [3.8, 4) is 0 Å². The van der Waals surface area contributed by atoms with Gasteiger partial charge in [0.15, 0.2) is 5.82 Å². The second-order valence-electron chi connectivity index (χ2n) is 6.65. The van der Waals surface area contributed by atoms with Crippen molar-refractivity contribution in [2.24, 2.45) is 0 Å². The van der Waals surface area contributed by atoms with E-state index in [1.807, 2.05) is 36.1 Å². The molecule has 1 aliphatic rings. The zero-order valence-electron chi connectivity index (χ0n) is 15.3. The maximum Gasteiger partial charge on any atom is 0.154 e. The molecule has 0 aromatic carbocycles. The minimum absolute atomic E-state index is 0.438. The standard InChI is InChI=1S/C18H24N8/c1-3-26-17(13-25-10-4-8-20-25)22-23-18(26)15-6-11-24(12-7-15)16-5-9-19-14(2)21-16/h4-5,8-10,15H,3,6-7,11-13H2,1-2H3. The van der Waals surface area contributed by atoms with Gasteiger partial charge in [0.05, 0.1) is 0 Å². The molecule has 136 valence electrons. The van der Waals surface area contributed by atoms with Crippen LogP contribution in [0.1, 0.15) is 43.2 Å². The van der Waals surface area contributed by atoms with Crippen molar-refractivity contribution < 1.29 is 0 Å². The maximum absolute atomic E-state index is 4.55. The lowest BCUT2D eigenvalue weighted by Crippen LogP contribution is -2.34. The lowest BCUT2D eigenvalue weighted by atomic mass is 9.96. The second-order valence-corrected chi connectivity index (χ2v) is 6.65. The molecular weight excluding hydrogens is 328 g/mol. The Balaban J connectivity index is 1.46. The summed E-state index contributed by atoms with van der Waals surface area (Å²) in [6.07, 6.45) is 7.69. The van der Waals surface area contributed by atoms with Crippen LogP contribution < -0.4 is 4.90 Å². The van der Waals surface area contributed by atoms with E-state index in [0.717, 1.165) is 55.8 Å². The highest BCUT2D eigenvalue weighted by Gasteiger charge is 2.26. The average Bonchev–Trinajstić information content (AvgIpc) is 3.32. The second kappa shape index (κ2) is 7.23. The van der Waals surface area contributed by atoms with Gasteiger partial charge in [-0.3, -0.25) is 4.68 Å². The predicted octanol–water partition coefficient (Wildman–Crippen LogP) is 2.03. The SMILES string of the molecule is CCn1c(Cn2cccn2)nnc1C1CCN(c2ccnc(C)n2)CC1. The molecule has 0 atom stereocenters. The summed E-state index contributed by atoms with van der Waals surface area (Å²) in [5.41, 5.74) is 0. The van der Waals surface area contributed by atoms with Crippen molar-refractivity contribution in [1.29, 1.82) is 0 Å². The molecule has 4 heterocycles. The first kappa shape index (κ1) is 16.7. The molecule has 3 aromatic rings. The van der Waals surface area contributed by atoms with Gasteiger partial charge in [-0.25, -0.2) is 9.97 Å². The quantitative estimate of drug-likeness (QED) is 0.699. The van der Waals surface area contributed by atoms with Crippen LogP contribution in [0.2, 0.25) is 0 Å². The van der Waals surface area contributed by atoms with Crippen LogP contribution in [-0.4, -0.2) is 47.6 Å². The first-order valence-electron chi connectivity index (χ1n) is 9.18. The third-order valence-corrected chi connectivity index (χ3v) is 4.98. The maximum atomic E-state index is 4.55. The number of hydrogen-bond donors (Lipinski definition) is 0. The Labute approximate surface area is 152 Å². The average molecular weight is 352 g/mol. The molecule has 8 nitrogen and oxygen atoms in total. The first-order valence-corrected chi connectivity index (χ1v) is 9.18. The summed E-state index contributed by atoms with van der Waals surface area (Å²) in [5.74, 6) is 4.35. The van der Waals surface area contributed by atoms with E-state index in [1.54, 1.807) is 6.20 Å². The molecule has 3 aromatic heterocycles. The van der Waals surface area contributed by atoms with E-state index in [1.165, 1.54) is 0 Å². The lowest BCUT2D eigenvalue weighted by Gasteiger charge is -2.32. The lowest BCUT2D eigenvalue weighted by molar-refractivity contribution is 0.461. The molecule has 0 N–H and O–H groups in total. The van der Waals surface area contributed by atoms with E-state index in [2.05, 4.69) is 41.7 Å². The van der Waals surface area contributed by atoms with E-state index in [9.17, 15) is 0 Å². The Morgan fingerprint density at radius 1 is 1.15 bits per heavy atom. The molecule has 1 aliphatic heterocycles. The van der Waals surface area contributed by atoms with Crippen molar-refractivity contribution in [3.63, 3.8) is 0 Å². The monoisotopic (exact) mass is 352 g/mol. The number of rotatable bonds is 5. The Bertz CT molecular complexity index is 846. The van der Waals surface area contributed by atoms with Gasteiger partial charge < -0.3 is 9.47 Å². The molecule has 26 heavy (non-hydrogen) atoms. The summed E-state index contributed by atoms with van der Waals surface area (Å²) in [4.78, 5) is 11.1. The van der Waals surface area contributed by atoms with Crippen LogP contribution in [0.5, 0.6) is 0 Å². The van der Waals surface area contributed by atoms with Gasteiger partial charge in [0, 0.05) is 44.1 Å². The van der Waals surface area contributed by atoms with Crippen LogP contribution in [0.25, 0.3) is 0 Å². The zero-order valence-corrected chi connectivity index (χ0v) is 15.3. The Morgan fingerprint density at radius 2 is 2.00 bits per heavy atom. The number of aromatic nitrogens is 7. The molecule has 0 amide bonds. The van der Waals surface area contributed by atoms with Crippen LogP contribution in [-0.2, 0) is 13.1 Å². The number of anilines is 1. The number of piperidine rings is 1. The molecular formula is C18H24N8. The fraction of sp³-hybridized carbons (Fsp3) is 0.500. The van der Waals surface area contributed by atoms with E-state index < -0.39 is 0 Å².